The average Bonchev–Trinajstić information content (AvgIpc) is 2.76. The van der Waals surface area contributed by atoms with Crippen molar-refractivity contribution in [2.75, 3.05) is 63.8 Å². The summed E-state index contributed by atoms with van der Waals surface area (Å²) in [6, 6.07) is 9.01. The zero-order chi connectivity index (χ0) is 19.9. The molecule has 0 radical (unpaired) electrons. The quantitative estimate of drug-likeness (QED) is 0.721. The first kappa shape index (κ1) is 21.1. The summed E-state index contributed by atoms with van der Waals surface area (Å²) in [5.74, 6) is 0.633. The van der Waals surface area contributed by atoms with Gasteiger partial charge in [0.2, 0.25) is 5.91 Å². The Balaban J connectivity index is 1.44. The first-order valence-electron chi connectivity index (χ1n) is 11.2. The van der Waals surface area contributed by atoms with Gasteiger partial charge in [0, 0.05) is 57.4 Å². The van der Waals surface area contributed by atoms with Gasteiger partial charge in [0.25, 0.3) is 0 Å². The van der Waals surface area contributed by atoms with Crippen LogP contribution in [-0.2, 0) is 11.3 Å². The van der Waals surface area contributed by atoms with Gasteiger partial charge in [-0.3, -0.25) is 9.69 Å². The Hall–Kier alpha value is -1.59. The third-order valence-electron chi connectivity index (χ3n) is 6.54. The Morgan fingerprint density at radius 2 is 1.50 bits per heavy atom. The predicted octanol–water partition coefficient (Wildman–Crippen LogP) is 2.91. The van der Waals surface area contributed by atoms with Crippen LogP contribution in [0.5, 0.6) is 0 Å². The number of benzene rings is 1. The summed E-state index contributed by atoms with van der Waals surface area (Å²) in [7, 11) is 0. The predicted molar refractivity (Wildman–Crippen MR) is 117 cm³/mol. The number of amides is 1. The van der Waals surface area contributed by atoms with Crippen LogP contribution in [-0.4, -0.2) is 79.5 Å². The van der Waals surface area contributed by atoms with Crippen molar-refractivity contribution in [2.45, 2.75) is 40.2 Å². The topological polar surface area (TPSA) is 30.0 Å². The van der Waals surface area contributed by atoms with Gasteiger partial charge in [-0.05, 0) is 64.0 Å². The fourth-order valence-electron chi connectivity index (χ4n) is 4.54. The molecule has 1 amide bonds. The molecule has 1 aromatic carbocycles. The van der Waals surface area contributed by atoms with Crippen molar-refractivity contribution in [2.24, 2.45) is 5.92 Å². The minimum absolute atomic E-state index is 0.231. The van der Waals surface area contributed by atoms with Crippen LogP contribution < -0.4 is 4.90 Å². The van der Waals surface area contributed by atoms with Crippen LogP contribution in [0.25, 0.3) is 0 Å². The summed E-state index contributed by atoms with van der Waals surface area (Å²) in [5, 5.41) is 0. The number of anilines is 1. The molecule has 0 aliphatic carbocycles. The van der Waals surface area contributed by atoms with Crippen molar-refractivity contribution in [1.29, 1.82) is 0 Å². The number of rotatable bonds is 7. The second-order valence-corrected chi connectivity index (χ2v) is 8.15. The molecule has 0 aromatic heterocycles. The second kappa shape index (κ2) is 10.3. The summed E-state index contributed by atoms with van der Waals surface area (Å²) in [4.78, 5) is 22.3. The van der Waals surface area contributed by atoms with Gasteiger partial charge in [-0.15, -0.1) is 0 Å². The van der Waals surface area contributed by atoms with Crippen LogP contribution in [0.15, 0.2) is 24.3 Å². The molecule has 0 saturated carbocycles. The maximum atomic E-state index is 12.9. The van der Waals surface area contributed by atoms with Crippen molar-refractivity contribution in [1.82, 2.24) is 14.7 Å². The highest BCUT2D eigenvalue weighted by Gasteiger charge is 2.30. The maximum Gasteiger partial charge on any atom is 0.225 e. The third kappa shape index (κ3) is 5.26. The number of likely N-dealkylation sites (N-methyl/N-ethyl adjacent to an activating group) is 1. The van der Waals surface area contributed by atoms with Crippen molar-refractivity contribution in [3.05, 3.63) is 29.8 Å². The van der Waals surface area contributed by atoms with E-state index < -0.39 is 0 Å². The second-order valence-electron chi connectivity index (χ2n) is 8.15. The van der Waals surface area contributed by atoms with Crippen LogP contribution >= 0.6 is 0 Å². The van der Waals surface area contributed by atoms with E-state index in [1.165, 1.54) is 11.3 Å². The van der Waals surface area contributed by atoms with E-state index in [4.69, 9.17) is 0 Å². The molecule has 156 valence electrons. The summed E-state index contributed by atoms with van der Waals surface area (Å²) in [6.07, 6.45) is 2.01. The molecule has 2 fully saturated rings. The molecule has 0 spiro atoms. The molecule has 5 nitrogen and oxygen atoms in total. The first-order valence-corrected chi connectivity index (χ1v) is 11.2. The molecule has 2 saturated heterocycles. The number of hydrogen-bond donors (Lipinski definition) is 0. The highest BCUT2D eigenvalue weighted by atomic mass is 16.2. The molecule has 0 bridgehead atoms. The number of piperazine rings is 1. The lowest BCUT2D eigenvalue weighted by Gasteiger charge is -2.38. The van der Waals surface area contributed by atoms with Gasteiger partial charge in [0.1, 0.15) is 0 Å². The molecule has 0 unspecified atom stereocenters. The lowest BCUT2D eigenvalue weighted by Crippen LogP contribution is -2.51. The molecule has 2 aliphatic rings. The molecular formula is C23H38N4O. The smallest absolute Gasteiger partial charge is 0.225 e. The first-order chi connectivity index (χ1) is 13.6. The monoisotopic (exact) mass is 386 g/mol. The minimum atomic E-state index is 0.231. The lowest BCUT2D eigenvalue weighted by molar-refractivity contribution is -0.138. The molecule has 2 heterocycles. The Kier molecular flexibility index (Phi) is 7.74. The number of piperidine rings is 1. The number of carbonyl (C=O) groups is 1. The Labute approximate surface area is 171 Å². The van der Waals surface area contributed by atoms with E-state index in [2.05, 4.69) is 64.6 Å². The van der Waals surface area contributed by atoms with Gasteiger partial charge < -0.3 is 14.7 Å². The van der Waals surface area contributed by atoms with E-state index in [1.807, 2.05) is 0 Å². The molecule has 0 atom stereocenters. The van der Waals surface area contributed by atoms with Gasteiger partial charge >= 0.3 is 0 Å². The largest absolute Gasteiger partial charge is 0.372 e. The van der Waals surface area contributed by atoms with E-state index in [0.29, 0.717) is 5.91 Å². The highest BCUT2D eigenvalue weighted by Crippen LogP contribution is 2.23. The minimum Gasteiger partial charge on any atom is -0.372 e. The van der Waals surface area contributed by atoms with Gasteiger partial charge in [0.15, 0.2) is 0 Å². The molecule has 1 aromatic rings. The van der Waals surface area contributed by atoms with Crippen molar-refractivity contribution in [3.63, 3.8) is 0 Å². The molecular weight excluding hydrogens is 348 g/mol. The van der Waals surface area contributed by atoms with Gasteiger partial charge in [-0.1, -0.05) is 19.1 Å². The van der Waals surface area contributed by atoms with E-state index in [0.717, 1.165) is 78.3 Å². The van der Waals surface area contributed by atoms with Crippen LogP contribution in [0.1, 0.15) is 39.2 Å². The number of carbonyl (C=O) groups excluding carboxylic acids is 1. The lowest BCUT2D eigenvalue weighted by atomic mass is 9.94. The number of likely N-dealkylation sites (tertiary alicyclic amines) is 1. The van der Waals surface area contributed by atoms with E-state index in [9.17, 15) is 4.79 Å². The Bertz CT molecular complexity index is 598. The number of nitrogens with zero attached hydrogens (tertiary/aromatic N) is 4. The zero-order valence-corrected chi connectivity index (χ0v) is 18.1. The fraction of sp³-hybridized carbons (Fsp3) is 0.696. The molecule has 0 N–H and O–H groups in total. The van der Waals surface area contributed by atoms with E-state index in [-0.39, 0.29) is 5.92 Å². The number of hydrogen-bond acceptors (Lipinski definition) is 4. The van der Waals surface area contributed by atoms with Crippen molar-refractivity contribution in [3.8, 4) is 0 Å². The normalized spacial score (nSPS) is 19.8. The average molecular weight is 387 g/mol. The van der Waals surface area contributed by atoms with Gasteiger partial charge in [0.05, 0.1) is 0 Å². The standard InChI is InChI=1S/C23H38N4O/c1-4-24-15-17-27(18-16-24)23(28)21-11-13-25(14-12-21)19-20-7-9-22(10-8-20)26(5-2)6-3/h7-10,21H,4-6,11-19H2,1-3H3. The molecule has 2 aliphatic heterocycles. The van der Waals surface area contributed by atoms with Gasteiger partial charge in [-0.25, -0.2) is 0 Å². The maximum absolute atomic E-state index is 12.9. The summed E-state index contributed by atoms with van der Waals surface area (Å²) in [6.45, 7) is 16.7. The third-order valence-corrected chi connectivity index (χ3v) is 6.54. The Morgan fingerprint density at radius 3 is 2.04 bits per heavy atom. The fourth-order valence-corrected chi connectivity index (χ4v) is 4.54. The van der Waals surface area contributed by atoms with Crippen molar-refractivity contribution >= 4 is 11.6 Å². The van der Waals surface area contributed by atoms with Crippen LogP contribution in [0.2, 0.25) is 0 Å². The summed E-state index contributed by atoms with van der Waals surface area (Å²) >= 11 is 0. The Morgan fingerprint density at radius 1 is 0.893 bits per heavy atom. The molecule has 5 heteroatoms. The van der Waals surface area contributed by atoms with Gasteiger partial charge in [-0.2, -0.15) is 0 Å². The highest BCUT2D eigenvalue weighted by molar-refractivity contribution is 5.79. The van der Waals surface area contributed by atoms with Crippen LogP contribution in [0, 0.1) is 5.92 Å². The summed E-state index contributed by atoms with van der Waals surface area (Å²) in [5.41, 5.74) is 2.68. The molecule has 28 heavy (non-hydrogen) atoms. The molecule has 3 rings (SSSR count). The van der Waals surface area contributed by atoms with Crippen LogP contribution in [0.4, 0.5) is 5.69 Å². The summed E-state index contributed by atoms with van der Waals surface area (Å²) < 4.78 is 0. The van der Waals surface area contributed by atoms with Crippen LogP contribution in [0.3, 0.4) is 0 Å². The van der Waals surface area contributed by atoms with E-state index >= 15 is 0 Å². The SMILES string of the molecule is CCN1CCN(C(=O)C2CCN(Cc3ccc(N(CC)CC)cc3)CC2)CC1. The van der Waals surface area contributed by atoms with Crippen molar-refractivity contribution < 1.29 is 4.79 Å². The zero-order valence-electron chi connectivity index (χ0n) is 18.1. The van der Waals surface area contributed by atoms with E-state index in [1.54, 1.807) is 0 Å².